The van der Waals surface area contributed by atoms with Crippen molar-refractivity contribution in [1.82, 2.24) is 0 Å². The molecule has 86 heavy (non-hydrogen) atoms. The number of aliphatic hydroxyl groups is 14. The molecular weight excluding hydrogens is 1170 g/mol. The summed E-state index contributed by atoms with van der Waals surface area (Å²) in [4.78, 5) is 13.2. The van der Waals surface area contributed by atoms with Gasteiger partial charge in [-0.15, -0.1) is 0 Å². The lowest BCUT2D eigenvalue weighted by atomic mass is 9.47. The summed E-state index contributed by atoms with van der Waals surface area (Å²) < 4.78 is 100. The summed E-state index contributed by atoms with van der Waals surface area (Å²) in [5.74, 6) is -1.78. The van der Waals surface area contributed by atoms with Gasteiger partial charge < -0.3 is 119 Å². The fraction of sp³-hybridized carbons (Fsp3) is 0.946. The monoisotopic (exact) mass is 1260 g/mol. The molecule has 0 unspecified atom stereocenters. The number of aliphatic hydroxyl groups excluding tert-OH is 13. The maximum absolute atomic E-state index is 13.2. The van der Waals surface area contributed by atoms with Crippen LogP contribution in [0.15, 0.2) is 11.6 Å². The van der Waals surface area contributed by atoms with Crippen LogP contribution in [-0.4, -0.2) is 275 Å². The van der Waals surface area contributed by atoms with E-state index in [4.69, 9.17) is 51.6 Å². The molecule has 9 aliphatic rings. The SMILES string of the molecule is CC(C)CC(=O)C[C@](C)(O)[C@H]1CC[C@H]2[C@@H]3C[C@H](O[C@@H]4O[C@H](C)[C@@H](O)[C@H](O[C@@H]5OC[C@@H](O[C@@H]6O[C@H](CO)[C@H](O)[C@H](O)[C@H]6O[C@@H]6O[C@H](C)[C@H](O)[C@H](O)[C@H]6O)[C@H](O)[C@H]5O[C@@H]5O[C@H](C)[C@@H](O)[C@H](O)[C@H]5O)[C@H]4O)[C@H]4C[C@@H](OS(=O)(=O)O)CC[C@]4(C)C3=C[C@H](O)[C@@]21C. The van der Waals surface area contributed by atoms with Crippen LogP contribution in [0.25, 0.3) is 0 Å². The molecule has 0 amide bonds. The number of ether oxygens (including phenoxy) is 10. The number of fused-ring (bicyclic) bond motifs is 5. The van der Waals surface area contributed by atoms with E-state index in [2.05, 4.69) is 0 Å². The van der Waals surface area contributed by atoms with Gasteiger partial charge in [-0.2, -0.15) is 8.42 Å². The number of hydrogen-bond donors (Lipinski definition) is 15. The topological polar surface area (TPSA) is 456 Å². The highest BCUT2D eigenvalue weighted by molar-refractivity contribution is 7.80. The van der Waals surface area contributed by atoms with Crippen molar-refractivity contribution in [1.29, 1.82) is 0 Å². The summed E-state index contributed by atoms with van der Waals surface area (Å²) in [5.41, 5.74) is -2.36. The molecule has 0 aromatic heterocycles. The third-order valence-corrected chi connectivity index (χ3v) is 20.9. The van der Waals surface area contributed by atoms with Gasteiger partial charge in [-0.25, -0.2) is 4.18 Å². The number of allylic oxidation sites excluding steroid dienone is 1. The van der Waals surface area contributed by atoms with Crippen molar-refractivity contribution in [2.45, 2.75) is 278 Å². The summed E-state index contributed by atoms with van der Waals surface area (Å²) in [7, 11) is -4.93. The third-order valence-electron chi connectivity index (χ3n) is 20.4. The quantitative estimate of drug-likeness (QED) is 0.0464. The second-order valence-corrected chi connectivity index (χ2v) is 27.8. The molecule has 15 N–H and O–H groups in total. The smallest absolute Gasteiger partial charge is 0.394 e. The van der Waals surface area contributed by atoms with E-state index in [9.17, 15) is 89.3 Å². The average Bonchev–Trinajstić information content (AvgIpc) is 1.32. The Hall–Kier alpha value is -1.68. The molecule has 5 saturated heterocycles. The van der Waals surface area contributed by atoms with Crippen LogP contribution in [0.3, 0.4) is 0 Å². The Morgan fingerprint density at radius 2 is 1.19 bits per heavy atom. The van der Waals surface area contributed by atoms with Gasteiger partial charge in [0, 0.05) is 18.3 Å². The van der Waals surface area contributed by atoms with E-state index in [1.807, 2.05) is 33.8 Å². The predicted molar refractivity (Wildman–Crippen MR) is 287 cm³/mol. The van der Waals surface area contributed by atoms with Crippen molar-refractivity contribution in [3.8, 4) is 0 Å². The van der Waals surface area contributed by atoms with Crippen LogP contribution in [-0.2, 0) is 66.7 Å². The maximum atomic E-state index is 13.2. The molecule has 496 valence electrons. The van der Waals surface area contributed by atoms with Gasteiger partial charge in [0.15, 0.2) is 31.5 Å². The Morgan fingerprint density at radius 3 is 1.76 bits per heavy atom. The van der Waals surface area contributed by atoms with E-state index >= 15 is 0 Å². The largest absolute Gasteiger partial charge is 0.397 e. The van der Waals surface area contributed by atoms with Crippen molar-refractivity contribution in [3.05, 3.63) is 11.6 Å². The number of carbonyl (C=O) groups is 1. The van der Waals surface area contributed by atoms with E-state index < -0.39 is 218 Å². The molecule has 0 radical (unpaired) electrons. The zero-order valence-electron chi connectivity index (χ0n) is 49.5. The first-order valence-corrected chi connectivity index (χ1v) is 31.4. The van der Waals surface area contributed by atoms with Gasteiger partial charge in [-0.05, 0) is 101 Å². The minimum Gasteiger partial charge on any atom is -0.394 e. The van der Waals surface area contributed by atoms with Gasteiger partial charge in [0.1, 0.15) is 103 Å². The Balaban J connectivity index is 0.991. The molecular formula is C56H92O29S. The lowest BCUT2D eigenvalue weighted by Gasteiger charge is -2.60. The molecule has 0 aromatic rings. The second kappa shape index (κ2) is 26.4. The molecule has 29 nitrogen and oxygen atoms in total. The minimum absolute atomic E-state index is 0.0104. The lowest BCUT2D eigenvalue weighted by Crippen LogP contribution is -2.67. The molecule has 30 heteroatoms. The number of carbonyl (C=O) groups excluding carboxylic acids is 1. The predicted octanol–water partition coefficient (Wildman–Crippen LogP) is -3.71. The maximum Gasteiger partial charge on any atom is 0.397 e. The number of ketones is 1. The van der Waals surface area contributed by atoms with Crippen molar-refractivity contribution >= 4 is 16.2 Å². The molecule has 0 spiro atoms. The second-order valence-electron chi connectivity index (χ2n) is 26.7. The fourth-order valence-corrected chi connectivity index (χ4v) is 16.3. The fourth-order valence-electron chi connectivity index (χ4n) is 15.7. The highest BCUT2D eigenvalue weighted by Crippen LogP contribution is 2.67. The molecule has 0 bridgehead atoms. The highest BCUT2D eigenvalue weighted by atomic mass is 32.3. The number of rotatable bonds is 18. The Labute approximate surface area is 498 Å². The van der Waals surface area contributed by atoms with E-state index in [1.165, 1.54) is 20.8 Å². The van der Waals surface area contributed by atoms with Gasteiger partial charge >= 0.3 is 10.4 Å². The van der Waals surface area contributed by atoms with Gasteiger partial charge in [0.2, 0.25) is 0 Å². The molecule has 8 fully saturated rings. The van der Waals surface area contributed by atoms with Crippen LogP contribution in [0.2, 0.25) is 0 Å². The average molecular weight is 1260 g/mol. The normalized spacial score (nSPS) is 51.7. The zero-order chi connectivity index (χ0) is 63.2. The Bertz CT molecular complexity index is 2460. The van der Waals surface area contributed by atoms with Gasteiger partial charge in [0.05, 0.1) is 55.4 Å². The van der Waals surface area contributed by atoms with Crippen LogP contribution < -0.4 is 0 Å². The summed E-state index contributed by atoms with van der Waals surface area (Å²) in [6, 6.07) is 0. The minimum atomic E-state index is -4.93. The van der Waals surface area contributed by atoms with E-state index in [1.54, 1.807) is 6.92 Å². The molecule has 0 aromatic carbocycles. The molecule has 3 saturated carbocycles. The first kappa shape index (κ1) is 68.7. The summed E-state index contributed by atoms with van der Waals surface area (Å²) in [6.45, 7) is 12.0. The van der Waals surface area contributed by atoms with Crippen molar-refractivity contribution in [2.75, 3.05) is 13.2 Å². The number of Topliss-reactive ketones (excluding diaryl/α,β-unsaturated/α-hetero) is 1. The van der Waals surface area contributed by atoms with Crippen molar-refractivity contribution < 1.29 is 141 Å². The first-order chi connectivity index (χ1) is 40.1. The standard InChI is InChI=1S/C56H92O29S/c1-20(2)13-24(58)17-55(7,71)33-10-9-27-26-15-30(29-14-25(85-86(72,73)74)11-12-54(29,6)28(26)16-34(59)56(27,33)8)79-51-45(70)46(37(62)23(5)78-51)82-52-47(83-49-43(68)40(65)35(60)21(3)76-49)39(64)32(19-75-52)81-53-48(42(67)38(63)31(18-57)80-53)84-50-44(69)41(66)36(61)22(4)77-50/h16,20-23,25-27,29-53,57,59-71H,9-15,17-19H2,1-8H3,(H,72,73,74)/t21-,22-,23-,25+,26+,27+,29-,30+,31-,32-,33-,34+,35-,36+,37-,38+,39+,40+,41+,42+,43-,44-,45-,46+,47-,48-,49+,50+,51+,52+,53+,54-,55+,56+/m1/s1. The van der Waals surface area contributed by atoms with Crippen LogP contribution in [0.5, 0.6) is 0 Å². The third kappa shape index (κ3) is 13.3. The lowest BCUT2D eigenvalue weighted by molar-refractivity contribution is -0.398. The van der Waals surface area contributed by atoms with E-state index in [-0.39, 0.29) is 55.6 Å². The first-order valence-electron chi connectivity index (χ1n) is 30.0. The van der Waals surface area contributed by atoms with Gasteiger partial charge in [0.25, 0.3) is 0 Å². The molecule has 5 aliphatic heterocycles. The zero-order valence-corrected chi connectivity index (χ0v) is 50.3. The van der Waals surface area contributed by atoms with Gasteiger partial charge in [-0.3, -0.25) is 9.35 Å². The summed E-state index contributed by atoms with van der Waals surface area (Å²) in [5, 5.41) is 158. The van der Waals surface area contributed by atoms with Crippen LogP contribution in [0.1, 0.15) is 107 Å². The van der Waals surface area contributed by atoms with E-state index in [0.29, 0.717) is 19.3 Å². The molecule has 4 aliphatic carbocycles. The Kier molecular flexibility index (Phi) is 21.1. The summed E-state index contributed by atoms with van der Waals surface area (Å²) >= 11 is 0. The van der Waals surface area contributed by atoms with Crippen molar-refractivity contribution in [2.24, 2.45) is 40.4 Å². The molecule has 9 rings (SSSR count). The van der Waals surface area contributed by atoms with Crippen LogP contribution in [0.4, 0.5) is 0 Å². The number of hydrogen-bond acceptors (Lipinski definition) is 28. The Morgan fingerprint density at radius 1 is 0.640 bits per heavy atom. The van der Waals surface area contributed by atoms with Crippen LogP contribution in [0, 0.1) is 40.4 Å². The molecule has 34 atom stereocenters. The van der Waals surface area contributed by atoms with E-state index in [0.717, 1.165) is 5.57 Å². The van der Waals surface area contributed by atoms with Crippen LogP contribution >= 0.6 is 0 Å². The van der Waals surface area contributed by atoms with Gasteiger partial charge in [-0.1, -0.05) is 39.3 Å². The summed E-state index contributed by atoms with van der Waals surface area (Å²) in [6.07, 6.45) is -40.7. The van der Waals surface area contributed by atoms with Crippen molar-refractivity contribution in [3.63, 3.8) is 0 Å². The highest BCUT2D eigenvalue weighted by Gasteiger charge is 2.66. The molecule has 5 heterocycles.